The number of hydrogen-bond donors (Lipinski definition) is 1. The summed E-state index contributed by atoms with van der Waals surface area (Å²) in [7, 11) is 0. The van der Waals surface area contributed by atoms with E-state index in [9.17, 15) is 18.0 Å². The zero-order valence-corrected chi connectivity index (χ0v) is 7.40. The highest BCUT2D eigenvalue weighted by Gasteiger charge is 2.32. The molecule has 0 atom stereocenters. The summed E-state index contributed by atoms with van der Waals surface area (Å²) in [6.45, 7) is 0.204. The van der Waals surface area contributed by atoms with Crippen LogP contribution in [0.25, 0.3) is 0 Å². The summed E-state index contributed by atoms with van der Waals surface area (Å²) in [6, 6.07) is 0. The Labute approximate surface area is 74.7 Å². The first-order chi connectivity index (χ1) is 5.90. The molecule has 0 aromatic rings. The molecule has 2 N–H and O–H groups in total. The first-order valence-electron chi connectivity index (χ1n) is 3.95. The van der Waals surface area contributed by atoms with Crippen molar-refractivity contribution in [2.24, 2.45) is 5.73 Å². The van der Waals surface area contributed by atoms with Crippen LogP contribution in [-0.2, 0) is 4.79 Å². The normalized spacial score (nSPS) is 11.5. The molecule has 0 saturated heterocycles. The Morgan fingerprint density at radius 1 is 1.46 bits per heavy atom. The van der Waals surface area contributed by atoms with E-state index in [-0.39, 0.29) is 13.1 Å². The third-order valence-electron chi connectivity index (χ3n) is 1.39. The Kier molecular flexibility index (Phi) is 4.76. The Bertz CT molecular complexity index is 170. The lowest BCUT2D eigenvalue weighted by Gasteiger charge is -2.22. The lowest BCUT2D eigenvalue weighted by Crippen LogP contribution is -2.42. The fourth-order valence-electron chi connectivity index (χ4n) is 0.907. The number of hydrogen-bond acceptors (Lipinski definition) is 2. The molecule has 1 amide bonds. The predicted molar refractivity (Wildman–Crippen MR) is 42.0 cm³/mol. The van der Waals surface area contributed by atoms with Gasteiger partial charge in [0.05, 0.1) is 6.54 Å². The summed E-state index contributed by atoms with van der Waals surface area (Å²) >= 11 is 0. The van der Waals surface area contributed by atoms with Crippen LogP contribution in [0.5, 0.6) is 0 Å². The molecule has 0 aromatic carbocycles. The molecule has 0 unspecified atom stereocenters. The molecule has 0 heterocycles. The number of alkyl halides is 3. The quantitative estimate of drug-likeness (QED) is 0.724. The van der Waals surface area contributed by atoms with Crippen LogP contribution in [0.1, 0.15) is 13.3 Å². The van der Waals surface area contributed by atoms with Gasteiger partial charge >= 0.3 is 6.18 Å². The first kappa shape index (κ1) is 12.2. The highest BCUT2D eigenvalue weighted by atomic mass is 19.4. The molecule has 0 spiro atoms. The molecule has 0 aliphatic carbocycles. The molecule has 0 radical (unpaired) electrons. The molecular formula is C7H13F3N2O. The topological polar surface area (TPSA) is 46.3 Å². The lowest BCUT2D eigenvalue weighted by atomic mass is 10.3. The van der Waals surface area contributed by atoms with Gasteiger partial charge < -0.3 is 10.6 Å². The van der Waals surface area contributed by atoms with Gasteiger partial charge in [0.1, 0.15) is 6.54 Å². The second-order valence-corrected chi connectivity index (χ2v) is 2.63. The zero-order valence-electron chi connectivity index (χ0n) is 7.40. The lowest BCUT2D eigenvalue weighted by molar-refractivity contribution is -0.160. The van der Waals surface area contributed by atoms with Gasteiger partial charge in [0.25, 0.3) is 0 Å². The minimum Gasteiger partial charge on any atom is -0.333 e. The molecule has 0 rings (SSSR count). The van der Waals surface area contributed by atoms with Crippen LogP contribution in [0.3, 0.4) is 0 Å². The number of amides is 1. The molecule has 6 heteroatoms. The smallest absolute Gasteiger partial charge is 0.333 e. The predicted octanol–water partition coefficient (Wildman–Crippen LogP) is 0.746. The molecule has 3 nitrogen and oxygen atoms in total. The molecule has 0 saturated carbocycles. The van der Waals surface area contributed by atoms with Crippen molar-refractivity contribution in [3.8, 4) is 0 Å². The molecule has 0 aliphatic heterocycles. The van der Waals surface area contributed by atoms with Gasteiger partial charge in [0, 0.05) is 6.54 Å². The fourth-order valence-corrected chi connectivity index (χ4v) is 0.907. The van der Waals surface area contributed by atoms with E-state index in [4.69, 9.17) is 5.73 Å². The van der Waals surface area contributed by atoms with Crippen LogP contribution in [0.15, 0.2) is 0 Å². The third kappa shape index (κ3) is 5.46. The molecule has 78 valence electrons. The molecule has 0 aliphatic rings. The summed E-state index contributed by atoms with van der Waals surface area (Å²) in [5, 5.41) is 0. The van der Waals surface area contributed by atoms with Crippen LogP contribution in [0.2, 0.25) is 0 Å². The van der Waals surface area contributed by atoms with E-state index in [1.807, 2.05) is 0 Å². The van der Waals surface area contributed by atoms with Crippen LogP contribution in [0.4, 0.5) is 13.2 Å². The maximum atomic E-state index is 11.9. The minimum absolute atomic E-state index is 0.0928. The molecule has 0 aromatic heterocycles. The van der Waals surface area contributed by atoms with E-state index in [1.54, 1.807) is 6.92 Å². The van der Waals surface area contributed by atoms with Crippen molar-refractivity contribution < 1.29 is 18.0 Å². The van der Waals surface area contributed by atoms with Crippen molar-refractivity contribution in [1.29, 1.82) is 0 Å². The first-order valence-corrected chi connectivity index (χ1v) is 3.95. The Morgan fingerprint density at radius 2 is 2.00 bits per heavy atom. The zero-order chi connectivity index (χ0) is 10.5. The van der Waals surface area contributed by atoms with Gasteiger partial charge in [-0.2, -0.15) is 13.2 Å². The minimum atomic E-state index is -4.35. The average Bonchev–Trinajstić information content (AvgIpc) is 2.00. The van der Waals surface area contributed by atoms with E-state index in [0.717, 1.165) is 4.90 Å². The molecule has 0 fully saturated rings. The molecule has 13 heavy (non-hydrogen) atoms. The molecule has 0 bridgehead atoms. The monoisotopic (exact) mass is 198 g/mol. The van der Waals surface area contributed by atoms with Gasteiger partial charge in [0.15, 0.2) is 0 Å². The summed E-state index contributed by atoms with van der Waals surface area (Å²) in [5.74, 6) is -0.667. The maximum Gasteiger partial charge on any atom is 0.406 e. The summed E-state index contributed by atoms with van der Waals surface area (Å²) in [6.07, 6.45) is -3.86. The van der Waals surface area contributed by atoms with Crippen molar-refractivity contribution >= 4 is 5.91 Å². The summed E-state index contributed by atoms with van der Waals surface area (Å²) < 4.78 is 35.7. The van der Waals surface area contributed by atoms with E-state index < -0.39 is 18.6 Å². The van der Waals surface area contributed by atoms with Crippen molar-refractivity contribution in [3.63, 3.8) is 0 Å². The van der Waals surface area contributed by atoms with Gasteiger partial charge in [-0.15, -0.1) is 0 Å². The van der Waals surface area contributed by atoms with E-state index in [0.29, 0.717) is 6.42 Å². The van der Waals surface area contributed by atoms with Gasteiger partial charge in [-0.1, -0.05) is 6.92 Å². The number of carbonyl (C=O) groups excluding carboxylic acids is 1. The number of nitrogens with two attached hydrogens (primary N) is 1. The van der Waals surface area contributed by atoms with E-state index >= 15 is 0 Å². The van der Waals surface area contributed by atoms with Crippen molar-refractivity contribution in [2.75, 3.05) is 19.6 Å². The van der Waals surface area contributed by atoms with Crippen LogP contribution in [0, 0.1) is 0 Å². The standard InChI is InChI=1S/C7H13F3N2O/c1-2-3-12(6(13)4-11)5-7(8,9)10/h2-5,11H2,1H3. The third-order valence-corrected chi connectivity index (χ3v) is 1.39. The van der Waals surface area contributed by atoms with E-state index in [1.165, 1.54) is 0 Å². The maximum absolute atomic E-state index is 11.9. The summed E-state index contributed by atoms with van der Waals surface area (Å²) in [4.78, 5) is 11.6. The Balaban J connectivity index is 4.17. The van der Waals surface area contributed by atoms with Crippen LogP contribution < -0.4 is 5.73 Å². The Hall–Kier alpha value is -0.780. The number of halogens is 3. The number of rotatable bonds is 4. The van der Waals surface area contributed by atoms with Crippen LogP contribution >= 0.6 is 0 Å². The van der Waals surface area contributed by atoms with Gasteiger partial charge in [0.2, 0.25) is 5.91 Å². The number of carbonyl (C=O) groups is 1. The van der Waals surface area contributed by atoms with Crippen LogP contribution in [-0.4, -0.2) is 36.6 Å². The Morgan fingerprint density at radius 3 is 2.31 bits per heavy atom. The SMILES string of the molecule is CCCN(CC(F)(F)F)C(=O)CN. The summed E-state index contributed by atoms with van der Waals surface area (Å²) in [5.41, 5.74) is 4.96. The average molecular weight is 198 g/mol. The second-order valence-electron chi connectivity index (χ2n) is 2.63. The van der Waals surface area contributed by atoms with Crippen molar-refractivity contribution in [2.45, 2.75) is 19.5 Å². The van der Waals surface area contributed by atoms with Crippen molar-refractivity contribution in [3.05, 3.63) is 0 Å². The van der Waals surface area contributed by atoms with Gasteiger partial charge in [-0.3, -0.25) is 4.79 Å². The largest absolute Gasteiger partial charge is 0.406 e. The second kappa shape index (κ2) is 5.06. The number of nitrogens with zero attached hydrogens (tertiary/aromatic N) is 1. The highest BCUT2D eigenvalue weighted by Crippen LogP contribution is 2.16. The fraction of sp³-hybridized carbons (Fsp3) is 0.857. The van der Waals surface area contributed by atoms with Gasteiger partial charge in [-0.25, -0.2) is 0 Å². The van der Waals surface area contributed by atoms with Crippen molar-refractivity contribution in [1.82, 2.24) is 4.90 Å². The van der Waals surface area contributed by atoms with E-state index in [2.05, 4.69) is 0 Å². The highest BCUT2D eigenvalue weighted by molar-refractivity contribution is 5.78. The van der Waals surface area contributed by atoms with Gasteiger partial charge in [-0.05, 0) is 6.42 Å². The molecular weight excluding hydrogens is 185 g/mol.